The van der Waals surface area contributed by atoms with E-state index in [1.807, 2.05) is 12.3 Å². The molecular weight excluding hydrogens is 361 g/mol. The molecule has 0 unspecified atom stereocenters. The first-order valence-electron chi connectivity index (χ1n) is 8.16. The van der Waals surface area contributed by atoms with Gasteiger partial charge >= 0.3 is 0 Å². The van der Waals surface area contributed by atoms with Crippen LogP contribution in [0.3, 0.4) is 0 Å². The Morgan fingerprint density at radius 1 is 1.40 bits per heavy atom. The second-order valence-electron chi connectivity index (χ2n) is 6.42. The molecule has 2 aromatic heterocycles. The molecule has 4 rings (SSSR count). The Morgan fingerprint density at radius 2 is 2.20 bits per heavy atom. The Labute approximate surface area is 153 Å². The lowest BCUT2D eigenvalue weighted by atomic mass is 10.2. The first kappa shape index (κ1) is 16.7. The summed E-state index contributed by atoms with van der Waals surface area (Å²) in [6.45, 7) is 2.82. The summed E-state index contributed by atoms with van der Waals surface area (Å²) < 4.78 is 15.7. The van der Waals surface area contributed by atoms with Gasteiger partial charge < -0.3 is 0 Å². The molecule has 130 valence electrons. The van der Waals surface area contributed by atoms with Gasteiger partial charge in [-0.05, 0) is 31.9 Å². The van der Waals surface area contributed by atoms with E-state index in [0.717, 1.165) is 18.5 Å². The second kappa shape index (κ2) is 6.52. The summed E-state index contributed by atoms with van der Waals surface area (Å²) in [5, 5.41) is 2.36. The van der Waals surface area contributed by atoms with Crippen LogP contribution in [-0.2, 0) is 13.1 Å². The summed E-state index contributed by atoms with van der Waals surface area (Å²) in [7, 11) is 0. The minimum absolute atomic E-state index is 0.0709. The van der Waals surface area contributed by atoms with Crippen molar-refractivity contribution in [1.29, 1.82) is 0 Å². The first-order chi connectivity index (χ1) is 12.0. The van der Waals surface area contributed by atoms with E-state index in [1.54, 1.807) is 22.6 Å². The predicted octanol–water partition coefficient (Wildman–Crippen LogP) is 4.02. The number of nitrogens with zero attached hydrogens (tertiary/aromatic N) is 3. The lowest BCUT2D eigenvalue weighted by Crippen LogP contribution is -2.27. The van der Waals surface area contributed by atoms with E-state index in [2.05, 4.69) is 9.88 Å². The number of rotatable bonds is 5. The van der Waals surface area contributed by atoms with Crippen molar-refractivity contribution in [2.75, 3.05) is 0 Å². The quantitative estimate of drug-likeness (QED) is 0.674. The van der Waals surface area contributed by atoms with Gasteiger partial charge in [-0.3, -0.25) is 14.1 Å². The zero-order valence-electron chi connectivity index (χ0n) is 13.7. The highest BCUT2D eigenvalue weighted by atomic mass is 35.5. The average molecular weight is 378 g/mol. The Hall–Kier alpha value is -1.76. The van der Waals surface area contributed by atoms with Gasteiger partial charge in [0.1, 0.15) is 5.82 Å². The molecule has 1 aromatic carbocycles. The summed E-state index contributed by atoms with van der Waals surface area (Å²) in [5.41, 5.74) is 2.03. The molecule has 2 heterocycles. The lowest BCUT2D eigenvalue weighted by Gasteiger charge is -2.22. The minimum Gasteiger partial charge on any atom is -0.290 e. The number of hydrogen-bond acceptors (Lipinski definition) is 4. The van der Waals surface area contributed by atoms with E-state index < -0.39 is 0 Å². The molecule has 3 aromatic rings. The van der Waals surface area contributed by atoms with Crippen molar-refractivity contribution in [1.82, 2.24) is 14.3 Å². The molecule has 0 radical (unpaired) electrons. The molecule has 1 fully saturated rings. The molecule has 0 saturated heterocycles. The zero-order chi connectivity index (χ0) is 17.6. The van der Waals surface area contributed by atoms with Crippen LogP contribution in [0.15, 0.2) is 34.4 Å². The number of hydrogen-bond donors (Lipinski definition) is 0. The molecule has 0 atom stereocenters. The van der Waals surface area contributed by atoms with Crippen LogP contribution in [0.1, 0.15) is 29.8 Å². The average Bonchev–Trinajstić information content (AvgIpc) is 3.34. The van der Waals surface area contributed by atoms with E-state index in [9.17, 15) is 9.18 Å². The number of halogens is 2. The maximum absolute atomic E-state index is 14.1. The van der Waals surface area contributed by atoms with Crippen LogP contribution >= 0.6 is 22.9 Å². The van der Waals surface area contributed by atoms with Gasteiger partial charge in [-0.15, -0.1) is 11.3 Å². The summed E-state index contributed by atoms with van der Waals surface area (Å²) in [6.07, 6.45) is 2.15. The van der Waals surface area contributed by atoms with Crippen molar-refractivity contribution in [3.8, 4) is 0 Å². The number of aryl methyl sites for hydroxylation is 1. The van der Waals surface area contributed by atoms with Crippen molar-refractivity contribution < 1.29 is 4.39 Å². The Morgan fingerprint density at radius 3 is 2.92 bits per heavy atom. The van der Waals surface area contributed by atoms with Gasteiger partial charge in [-0.2, -0.15) is 0 Å². The van der Waals surface area contributed by atoms with Crippen LogP contribution in [0, 0.1) is 12.7 Å². The second-order valence-corrected chi connectivity index (χ2v) is 7.66. The molecule has 0 aliphatic heterocycles. The highest BCUT2D eigenvalue weighted by Gasteiger charge is 2.30. The molecule has 4 nitrogen and oxygen atoms in total. The number of aromatic nitrogens is 2. The Balaban J connectivity index is 1.64. The molecular formula is C18H17ClFN3OS. The molecule has 0 bridgehead atoms. The zero-order valence-corrected chi connectivity index (χ0v) is 15.3. The third kappa shape index (κ3) is 3.34. The number of fused-ring (bicyclic) bond motifs is 1. The van der Waals surface area contributed by atoms with Gasteiger partial charge in [-0.25, -0.2) is 9.37 Å². The van der Waals surface area contributed by atoms with E-state index in [0.29, 0.717) is 40.4 Å². The van der Waals surface area contributed by atoms with E-state index in [4.69, 9.17) is 11.6 Å². The van der Waals surface area contributed by atoms with Crippen LogP contribution in [-0.4, -0.2) is 20.3 Å². The molecule has 25 heavy (non-hydrogen) atoms. The summed E-state index contributed by atoms with van der Waals surface area (Å²) >= 11 is 7.63. The standard InChI is InChI=1S/C18H17ClFN3OS/c1-11-10-25-18-21-12(7-17(24)23(11)18)8-22(13-5-6-13)9-14-15(19)3-2-4-16(14)20/h2-4,7,10,13H,5-6,8-9H2,1H3. The van der Waals surface area contributed by atoms with Gasteiger partial charge in [-0.1, -0.05) is 17.7 Å². The topological polar surface area (TPSA) is 37.6 Å². The van der Waals surface area contributed by atoms with Crippen LogP contribution in [0.4, 0.5) is 4.39 Å². The smallest absolute Gasteiger partial charge is 0.259 e. The van der Waals surface area contributed by atoms with Crippen molar-refractivity contribution in [2.45, 2.75) is 38.9 Å². The number of benzene rings is 1. The van der Waals surface area contributed by atoms with Crippen LogP contribution in [0.25, 0.3) is 4.96 Å². The van der Waals surface area contributed by atoms with Crippen LogP contribution in [0.5, 0.6) is 0 Å². The van der Waals surface area contributed by atoms with Gasteiger partial charge in [0.2, 0.25) is 0 Å². The molecule has 1 aliphatic rings. The highest BCUT2D eigenvalue weighted by Crippen LogP contribution is 2.31. The van der Waals surface area contributed by atoms with Gasteiger partial charge in [0.05, 0.1) is 5.69 Å². The third-order valence-corrected chi connectivity index (χ3v) is 5.78. The number of thiazole rings is 1. The van der Waals surface area contributed by atoms with Gasteiger partial charge in [0.25, 0.3) is 5.56 Å². The van der Waals surface area contributed by atoms with E-state index >= 15 is 0 Å². The van der Waals surface area contributed by atoms with Gasteiger partial charge in [0.15, 0.2) is 4.96 Å². The van der Waals surface area contributed by atoms with E-state index in [-0.39, 0.29) is 11.4 Å². The molecule has 1 saturated carbocycles. The Bertz CT molecular complexity index is 975. The van der Waals surface area contributed by atoms with Crippen LogP contribution < -0.4 is 5.56 Å². The SMILES string of the molecule is Cc1csc2nc(CN(Cc3c(F)cccc3Cl)C3CC3)cc(=O)n12. The molecule has 1 aliphatic carbocycles. The fourth-order valence-corrected chi connectivity index (χ4v) is 4.14. The minimum atomic E-state index is -0.296. The maximum Gasteiger partial charge on any atom is 0.259 e. The highest BCUT2D eigenvalue weighted by molar-refractivity contribution is 7.15. The van der Waals surface area contributed by atoms with Crippen molar-refractivity contribution >= 4 is 27.9 Å². The maximum atomic E-state index is 14.1. The molecule has 0 spiro atoms. The third-order valence-electron chi connectivity index (χ3n) is 4.48. The van der Waals surface area contributed by atoms with Crippen molar-refractivity contribution in [3.63, 3.8) is 0 Å². The lowest BCUT2D eigenvalue weighted by molar-refractivity contribution is 0.239. The molecule has 7 heteroatoms. The Kier molecular flexibility index (Phi) is 4.35. The van der Waals surface area contributed by atoms with Gasteiger partial charge in [0, 0.05) is 46.9 Å². The largest absolute Gasteiger partial charge is 0.290 e. The monoisotopic (exact) mass is 377 g/mol. The molecule has 0 N–H and O–H groups in total. The molecule has 0 amide bonds. The normalized spacial score (nSPS) is 14.6. The summed E-state index contributed by atoms with van der Waals surface area (Å²) in [5.74, 6) is -0.296. The van der Waals surface area contributed by atoms with E-state index in [1.165, 1.54) is 17.4 Å². The summed E-state index contributed by atoms with van der Waals surface area (Å²) in [6, 6.07) is 6.71. The fraction of sp³-hybridized carbons (Fsp3) is 0.333. The fourth-order valence-electron chi connectivity index (χ4n) is 3.03. The summed E-state index contributed by atoms with van der Waals surface area (Å²) in [4.78, 5) is 19.8. The first-order valence-corrected chi connectivity index (χ1v) is 9.42. The van der Waals surface area contributed by atoms with Crippen LogP contribution in [0.2, 0.25) is 5.02 Å². The predicted molar refractivity (Wildman–Crippen MR) is 97.8 cm³/mol. The van der Waals surface area contributed by atoms with Crippen molar-refractivity contribution in [2.24, 2.45) is 0 Å². The van der Waals surface area contributed by atoms with Crippen molar-refractivity contribution in [3.05, 3.63) is 67.8 Å².